The van der Waals surface area contributed by atoms with Crippen LogP contribution in [0.4, 0.5) is 0 Å². The zero-order valence-corrected chi connectivity index (χ0v) is 44.3. The van der Waals surface area contributed by atoms with Crippen molar-refractivity contribution in [2.45, 2.75) is 0 Å². The fourth-order valence-corrected chi connectivity index (χ4v) is 18.7. The minimum absolute atomic E-state index is 0.141. The highest BCUT2D eigenvalue weighted by Crippen LogP contribution is 2.39. The van der Waals surface area contributed by atoms with Crippen molar-refractivity contribution < 1.29 is 14.2 Å². The summed E-state index contributed by atoms with van der Waals surface area (Å²) < 4.78 is 26.3. The molecule has 17 rings (SSSR count). The Bertz CT molecular complexity index is 4700. The number of hydrogen-bond donors (Lipinski definition) is 0. The molecule has 2 aromatic heterocycles. The average molecular weight is 1040 g/mol. The van der Waals surface area contributed by atoms with Gasteiger partial charge in [-0.15, -0.1) is 0 Å². The van der Waals surface area contributed by atoms with E-state index in [0.29, 0.717) is 0 Å². The van der Waals surface area contributed by atoms with E-state index in [1.165, 1.54) is 58.8 Å². The highest BCUT2D eigenvalue weighted by molar-refractivity contribution is 7.20. The molecule has 3 aliphatic rings. The van der Waals surface area contributed by atoms with Crippen LogP contribution in [0.3, 0.4) is 0 Å². The highest BCUT2D eigenvalue weighted by atomic mass is 28.3. The third-order valence-corrected chi connectivity index (χ3v) is 22.0. The minimum Gasteiger partial charge on any atom is -0.458 e. The van der Waals surface area contributed by atoms with Gasteiger partial charge in [0.15, 0.2) is 8.07 Å². The van der Waals surface area contributed by atoms with Crippen molar-refractivity contribution in [2.24, 2.45) is 0 Å². The molecule has 0 bridgehead atoms. The third-order valence-electron chi connectivity index (χ3n) is 17.3. The van der Waals surface area contributed by atoms with Crippen LogP contribution in [-0.2, 0) is 0 Å². The highest BCUT2D eigenvalue weighted by Gasteiger charge is 2.47. The zero-order chi connectivity index (χ0) is 52.5. The van der Waals surface area contributed by atoms with Gasteiger partial charge in [-0.05, 0) is 109 Å². The van der Waals surface area contributed by atoms with Crippen molar-refractivity contribution in [1.29, 1.82) is 0 Å². The normalized spacial score (nSPS) is 13.0. The van der Waals surface area contributed by atoms with Gasteiger partial charge in [-0.2, -0.15) is 0 Å². The Balaban J connectivity index is 0.835. The maximum absolute atomic E-state index is 7.36. The number of benzene rings is 12. The Morgan fingerprint density at radius 2 is 0.688 bits per heavy atom. The summed E-state index contributed by atoms with van der Waals surface area (Å²) in [6, 6.07) is 102. The Labute approximate surface area is 464 Å². The van der Waals surface area contributed by atoms with E-state index in [2.05, 4.69) is 288 Å². The van der Waals surface area contributed by atoms with Crippen LogP contribution in [0.15, 0.2) is 279 Å². The molecule has 0 saturated heterocycles. The lowest BCUT2D eigenvalue weighted by Gasteiger charge is -2.38. The van der Waals surface area contributed by atoms with Gasteiger partial charge in [-0.25, -0.2) is 0 Å². The fourth-order valence-electron chi connectivity index (χ4n) is 14.0. The van der Waals surface area contributed by atoms with Crippen LogP contribution in [0.25, 0.3) is 55.0 Å². The van der Waals surface area contributed by atoms with Crippen molar-refractivity contribution in [1.82, 2.24) is 9.13 Å². The summed E-state index contributed by atoms with van der Waals surface area (Å²) in [5.41, 5.74) is 13.6. The monoisotopic (exact) mass is 1040 g/mol. The predicted molar refractivity (Wildman–Crippen MR) is 334 cm³/mol. The maximum Gasteiger partial charge on any atom is 0.260 e. The summed E-state index contributed by atoms with van der Waals surface area (Å²) in [7, 11) is -2.97. The van der Waals surface area contributed by atoms with Crippen molar-refractivity contribution in [3.8, 4) is 45.9 Å². The summed E-state index contributed by atoms with van der Waals surface area (Å²) in [6.45, 7) is -0.302. The second-order valence-electron chi connectivity index (χ2n) is 21.4. The molecule has 5 nitrogen and oxygen atoms in total. The number of rotatable bonds is 7. The molecule has 0 N–H and O–H groups in total. The van der Waals surface area contributed by atoms with Gasteiger partial charge in [-0.3, -0.25) is 0 Å². The van der Waals surface area contributed by atoms with Gasteiger partial charge in [-0.1, -0.05) is 212 Å². The molecule has 0 atom stereocenters. The van der Waals surface area contributed by atoms with E-state index in [4.69, 9.17) is 14.2 Å². The molecule has 0 spiro atoms. The molecule has 3 aliphatic heterocycles. The smallest absolute Gasteiger partial charge is 0.260 e. The van der Waals surface area contributed by atoms with Gasteiger partial charge in [0.05, 0.1) is 22.1 Å². The van der Waals surface area contributed by atoms with E-state index >= 15 is 0 Å². The molecule has 0 amide bonds. The molecule has 8 heteroatoms. The molecular weight excluding hydrogens is 991 g/mol. The van der Waals surface area contributed by atoms with Crippen molar-refractivity contribution in [3.63, 3.8) is 0 Å². The van der Waals surface area contributed by atoms with E-state index in [1.807, 2.05) is 0 Å². The van der Waals surface area contributed by atoms with Crippen LogP contribution in [-0.4, -0.2) is 30.6 Å². The van der Waals surface area contributed by atoms with Crippen molar-refractivity contribution in [3.05, 3.63) is 279 Å². The lowest BCUT2D eigenvalue weighted by Crippen LogP contribution is -2.75. The van der Waals surface area contributed by atoms with Crippen LogP contribution in [0.5, 0.6) is 34.5 Å². The average Bonchev–Trinajstić information content (AvgIpc) is 4.18. The SMILES string of the molecule is c1ccc([Si](c2ccccc2)(c2ccccc2)c2cc3c4c(c2)Oc2cc5c(cc2B4c2ccccc2O3)B(c2ccc3c(c2)c2ccccc2n3-c2cccc(-n3c4ccccc4c4ccccc43)c2)c2ccccc2O5)cc1. The number of para-hydroxylation sites is 5. The van der Waals surface area contributed by atoms with Crippen molar-refractivity contribution >= 4 is 119 Å². The fraction of sp³-hybridized carbons (Fsp3) is 0. The van der Waals surface area contributed by atoms with E-state index in [9.17, 15) is 0 Å². The molecule has 14 aromatic rings. The number of fused-ring (bicyclic) bond motifs is 12. The summed E-state index contributed by atoms with van der Waals surface area (Å²) in [6.07, 6.45) is 0. The predicted octanol–water partition coefficient (Wildman–Crippen LogP) is 10.6. The molecule has 0 radical (unpaired) electrons. The zero-order valence-electron chi connectivity index (χ0n) is 43.3. The van der Waals surface area contributed by atoms with E-state index in [0.717, 1.165) is 84.2 Å². The summed E-state index contributed by atoms with van der Waals surface area (Å²) in [5.74, 6) is 4.90. The number of aromatic nitrogens is 2. The summed E-state index contributed by atoms with van der Waals surface area (Å²) >= 11 is 0. The largest absolute Gasteiger partial charge is 0.458 e. The van der Waals surface area contributed by atoms with Gasteiger partial charge < -0.3 is 23.3 Å². The third kappa shape index (κ3) is 6.54. The van der Waals surface area contributed by atoms with Crippen LogP contribution in [0, 0.1) is 0 Å². The molecule has 0 fully saturated rings. The Morgan fingerprint density at radius 1 is 0.263 bits per heavy atom. The second-order valence-corrected chi connectivity index (χ2v) is 25.2. The van der Waals surface area contributed by atoms with E-state index < -0.39 is 8.07 Å². The lowest BCUT2D eigenvalue weighted by atomic mass is 9.32. The molecule has 12 aromatic carbocycles. The van der Waals surface area contributed by atoms with Gasteiger partial charge in [0.25, 0.3) is 13.4 Å². The van der Waals surface area contributed by atoms with E-state index in [-0.39, 0.29) is 13.4 Å². The number of nitrogens with zero attached hydrogens (tertiary/aromatic N) is 2. The quantitative estimate of drug-likeness (QED) is 0.118. The van der Waals surface area contributed by atoms with Gasteiger partial charge in [0, 0.05) is 44.4 Å². The number of ether oxygens (including phenoxy) is 3. The van der Waals surface area contributed by atoms with Gasteiger partial charge in [0.2, 0.25) is 0 Å². The molecule has 5 heterocycles. The van der Waals surface area contributed by atoms with Gasteiger partial charge >= 0.3 is 0 Å². The number of hydrogen-bond acceptors (Lipinski definition) is 3. The topological polar surface area (TPSA) is 37.5 Å². The van der Waals surface area contributed by atoms with Crippen molar-refractivity contribution in [2.75, 3.05) is 0 Å². The molecule has 0 aliphatic carbocycles. The minimum atomic E-state index is -2.97. The first-order valence-corrected chi connectivity index (χ1v) is 29.5. The first-order chi connectivity index (χ1) is 39.7. The molecular formula is C72H46B2N2O3Si. The Kier molecular flexibility index (Phi) is 9.85. The van der Waals surface area contributed by atoms with Crippen LogP contribution in [0.2, 0.25) is 0 Å². The van der Waals surface area contributed by atoms with Gasteiger partial charge in [0.1, 0.15) is 34.5 Å². The standard InChI is InChI=1S/C72H46B2N2O3Si/c1-4-23-50(24-5-1)80(51-25-6-2-7-26-51,52-27-8-3-9-28-52)53-43-70-72-71(44-53)79-69-46-68-60(45-61(69)74(72)59-33-14-19-38-67(59)78-70)73(58-32-13-18-37-66(58)77-68)47-39-40-65-57(41-47)56-31-12-17-36-64(56)76(65)49-22-20-21-48(42-49)75-62-34-15-10-29-54(62)55-30-11-16-35-63(55)75/h1-46H. The Hall–Kier alpha value is -10.0. The summed E-state index contributed by atoms with van der Waals surface area (Å²) in [4.78, 5) is 0. The molecule has 0 unspecified atom stereocenters. The first kappa shape index (κ1) is 45.0. The first-order valence-electron chi connectivity index (χ1n) is 27.5. The van der Waals surface area contributed by atoms with E-state index in [1.54, 1.807) is 0 Å². The molecule has 372 valence electrons. The molecule has 80 heavy (non-hydrogen) atoms. The Morgan fingerprint density at radius 3 is 1.24 bits per heavy atom. The van der Waals surface area contributed by atoms with Crippen LogP contribution < -0.4 is 67.7 Å². The van der Waals surface area contributed by atoms with Crippen LogP contribution >= 0.6 is 0 Å². The lowest BCUT2D eigenvalue weighted by molar-refractivity contribution is 0.456. The summed E-state index contributed by atoms with van der Waals surface area (Å²) in [5, 5.41) is 9.94. The molecule has 0 saturated carbocycles. The second kappa shape index (κ2) is 17.5. The van der Waals surface area contributed by atoms with Crippen LogP contribution in [0.1, 0.15) is 0 Å². The maximum atomic E-state index is 7.36.